The molecule has 1 aliphatic rings. The van der Waals surface area contributed by atoms with Crippen molar-refractivity contribution in [3.63, 3.8) is 0 Å². The minimum atomic E-state index is -0.337. The summed E-state index contributed by atoms with van der Waals surface area (Å²) in [7, 11) is 0. The van der Waals surface area contributed by atoms with E-state index in [1.165, 1.54) is 10.7 Å². The summed E-state index contributed by atoms with van der Waals surface area (Å²) < 4.78 is 15.4. The third kappa shape index (κ3) is 4.23. The van der Waals surface area contributed by atoms with E-state index in [0.717, 1.165) is 5.56 Å². The van der Waals surface area contributed by atoms with E-state index in [1.807, 2.05) is 28.0 Å². The van der Waals surface area contributed by atoms with Gasteiger partial charge in [-0.05, 0) is 29.8 Å². The molecule has 0 amide bonds. The maximum atomic E-state index is 14.0. The fraction of sp³-hybridized carbons (Fsp3) is 0.238. The lowest BCUT2D eigenvalue weighted by atomic mass is 10.2. The monoisotopic (exact) mass is 432 g/mol. The van der Waals surface area contributed by atoms with Crippen LogP contribution in [-0.2, 0) is 6.54 Å². The Hall–Kier alpha value is -2.57. The SMILES string of the molecule is O=c1c(Cl)c(N2CCN(c3ccccc3F)CC2)cnn1Cc1ccc(Cl)cc1. The number of anilines is 2. The summed E-state index contributed by atoms with van der Waals surface area (Å²) in [4.78, 5) is 16.7. The highest BCUT2D eigenvalue weighted by Crippen LogP contribution is 2.25. The Bertz CT molecular complexity index is 1060. The van der Waals surface area contributed by atoms with E-state index in [4.69, 9.17) is 23.2 Å². The van der Waals surface area contributed by atoms with Gasteiger partial charge >= 0.3 is 0 Å². The highest BCUT2D eigenvalue weighted by molar-refractivity contribution is 6.33. The number of aromatic nitrogens is 2. The van der Waals surface area contributed by atoms with E-state index in [2.05, 4.69) is 5.10 Å². The van der Waals surface area contributed by atoms with Gasteiger partial charge in [0.15, 0.2) is 0 Å². The second-order valence-electron chi connectivity index (χ2n) is 6.86. The summed E-state index contributed by atoms with van der Waals surface area (Å²) in [6.07, 6.45) is 1.62. The van der Waals surface area contributed by atoms with Gasteiger partial charge in [-0.3, -0.25) is 4.79 Å². The third-order valence-electron chi connectivity index (χ3n) is 5.03. The number of piperazine rings is 1. The van der Waals surface area contributed by atoms with Crippen molar-refractivity contribution in [1.29, 1.82) is 0 Å². The molecular formula is C21H19Cl2FN4O. The van der Waals surface area contributed by atoms with Gasteiger partial charge in [0, 0.05) is 31.2 Å². The van der Waals surface area contributed by atoms with E-state index < -0.39 is 0 Å². The van der Waals surface area contributed by atoms with E-state index in [9.17, 15) is 9.18 Å². The largest absolute Gasteiger partial charge is 0.366 e. The van der Waals surface area contributed by atoms with Crippen molar-refractivity contribution in [2.75, 3.05) is 36.0 Å². The van der Waals surface area contributed by atoms with Crippen molar-refractivity contribution < 1.29 is 4.39 Å². The molecule has 0 saturated carbocycles. The molecular weight excluding hydrogens is 414 g/mol. The molecule has 0 unspecified atom stereocenters. The molecule has 150 valence electrons. The molecule has 5 nitrogen and oxygen atoms in total. The van der Waals surface area contributed by atoms with Crippen LogP contribution in [0.5, 0.6) is 0 Å². The Labute approximate surface area is 177 Å². The van der Waals surface area contributed by atoms with Crippen molar-refractivity contribution in [2.45, 2.75) is 6.54 Å². The van der Waals surface area contributed by atoms with Crippen molar-refractivity contribution in [2.24, 2.45) is 0 Å². The maximum Gasteiger partial charge on any atom is 0.287 e. The number of hydrogen-bond acceptors (Lipinski definition) is 4. The second-order valence-corrected chi connectivity index (χ2v) is 7.67. The topological polar surface area (TPSA) is 41.4 Å². The molecule has 1 fully saturated rings. The van der Waals surface area contributed by atoms with Gasteiger partial charge in [0.2, 0.25) is 0 Å². The molecule has 2 aromatic carbocycles. The molecule has 2 heterocycles. The van der Waals surface area contributed by atoms with Gasteiger partial charge in [-0.1, -0.05) is 47.5 Å². The van der Waals surface area contributed by atoms with Gasteiger partial charge in [-0.25, -0.2) is 9.07 Å². The first-order chi connectivity index (χ1) is 14.0. The molecule has 0 spiro atoms. The molecule has 8 heteroatoms. The summed E-state index contributed by atoms with van der Waals surface area (Å²) in [5, 5.41) is 5.08. The molecule has 1 saturated heterocycles. The van der Waals surface area contributed by atoms with Gasteiger partial charge in [-0.15, -0.1) is 0 Å². The first-order valence-electron chi connectivity index (χ1n) is 9.27. The number of halogens is 3. The normalized spacial score (nSPS) is 14.3. The first-order valence-corrected chi connectivity index (χ1v) is 10.0. The predicted molar refractivity (Wildman–Crippen MR) is 115 cm³/mol. The Morgan fingerprint density at radius 2 is 1.52 bits per heavy atom. The fourth-order valence-corrected chi connectivity index (χ4v) is 3.84. The lowest BCUT2D eigenvalue weighted by molar-refractivity contribution is 0.594. The molecule has 0 atom stereocenters. The van der Waals surface area contributed by atoms with Crippen LogP contribution in [0.15, 0.2) is 59.5 Å². The number of rotatable bonds is 4. The molecule has 0 aliphatic carbocycles. The van der Waals surface area contributed by atoms with Crippen LogP contribution in [0.2, 0.25) is 10.0 Å². The molecule has 0 bridgehead atoms. The summed E-state index contributed by atoms with van der Waals surface area (Å²) in [6, 6.07) is 14.0. The smallest absolute Gasteiger partial charge is 0.287 e. The van der Waals surface area contributed by atoms with Crippen molar-refractivity contribution in [3.8, 4) is 0 Å². The predicted octanol–water partition coefficient (Wildman–Crippen LogP) is 4.06. The standard InChI is InChI=1S/C21H19Cl2FN4O/c22-16-7-5-15(6-8-16)14-28-21(29)20(23)19(13-25-28)27-11-9-26(10-12-27)18-4-2-1-3-17(18)24/h1-8,13H,9-12,14H2. The lowest BCUT2D eigenvalue weighted by Gasteiger charge is -2.37. The molecule has 4 rings (SSSR count). The summed E-state index contributed by atoms with van der Waals surface area (Å²) in [5.74, 6) is -0.231. The molecule has 1 aliphatic heterocycles. The first kappa shape index (κ1) is 19.7. The van der Waals surface area contributed by atoms with E-state index in [1.54, 1.807) is 30.5 Å². The number of hydrogen-bond donors (Lipinski definition) is 0. The zero-order chi connectivity index (χ0) is 20.4. The van der Waals surface area contributed by atoms with Gasteiger partial charge < -0.3 is 9.80 Å². The maximum absolute atomic E-state index is 14.0. The van der Waals surface area contributed by atoms with Crippen LogP contribution in [-0.4, -0.2) is 36.0 Å². The summed E-state index contributed by atoms with van der Waals surface area (Å²) >= 11 is 12.3. The van der Waals surface area contributed by atoms with Crippen LogP contribution in [0.25, 0.3) is 0 Å². The zero-order valence-electron chi connectivity index (χ0n) is 15.6. The number of para-hydroxylation sites is 1. The Morgan fingerprint density at radius 1 is 0.897 bits per heavy atom. The third-order valence-corrected chi connectivity index (χ3v) is 5.63. The average Bonchev–Trinajstić information content (AvgIpc) is 2.74. The van der Waals surface area contributed by atoms with E-state index in [-0.39, 0.29) is 16.4 Å². The molecule has 3 aromatic rings. The summed E-state index contributed by atoms with van der Waals surface area (Å²) in [5.41, 5.74) is 1.77. The molecule has 1 aromatic heterocycles. The molecule has 0 N–H and O–H groups in total. The van der Waals surface area contributed by atoms with Crippen LogP contribution in [0.3, 0.4) is 0 Å². The second kappa shape index (κ2) is 8.43. The molecule has 29 heavy (non-hydrogen) atoms. The highest BCUT2D eigenvalue weighted by atomic mass is 35.5. The van der Waals surface area contributed by atoms with Crippen LogP contribution in [0.1, 0.15) is 5.56 Å². The summed E-state index contributed by atoms with van der Waals surface area (Å²) in [6.45, 7) is 2.82. The number of nitrogens with zero attached hydrogens (tertiary/aromatic N) is 4. The quantitative estimate of drug-likeness (QED) is 0.623. The Morgan fingerprint density at radius 3 is 2.17 bits per heavy atom. The highest BCUT2D eigenvalue weighted by Gasteiger charge is 2.22. The fourth-order valence-electron chi connectivity index (χ4n) is 3.45. The van der Waals surface area contributed by atoms with Gasteiger partial charge in [-0.2, -0.15) is 5.10 Å². The average molecular weight is 433 g/mol. The minimum Gasteiger partial charge on any atom is -0.366 e. The van der Waals surface area contributed by atoms with Crippen LogP contribution >= 0.6 is 23.2 Å². The minimum absolute atomic E-state index is 0.147. The number of benzene rings is 2. The van der Waals surface area contributed by atoms with Crippen molar-refractivity contribution >= 4 is 34.6 Å². The van der Waals surface area contributed by atoms with Crippen LogP contribution in [0, 0.1) is 5.82 Å². The molecule has 0 radical (unpaired) electrons. The van der Waals surface area contributed by atoms with Gasteiger partial charge in [0.1, 0.15) is 10.8 Å². The van der Waals surface area contributed by atoms with E-state index >= 15 is 0 Å². The van der Waals surface area contributed by atoms with Gasteiger partial charge in [0.05, 0.1) is 24.1 Å². The van der Waals surface area contributed by atoms with Crippen LogP contribution in [0.4, 0.5) is 15.8 Å². The Balaban J connectivity index is 1.48. The van der Waals surface area contributed by atoms with Gasteiger partial charge in [0.25, 0.3) is 5.56 Å². The van der Waals surface area contributed by atoms with Crippen molar-refractivity contribution in [3.05, 3.63) is 86.5 Å². The lowest BCUT2D eigenvalue weighted by Crippen LogP contribution is -2.47. The zero-order valence-corrected chi connectivity index (χ0v) is 17.1. The van der Waals surface area contributed by atoms with Crippen molar-refractivity contribution in [1.82, 2.24) is 9.78 Å². The Kier molecular flexibility index (Phi) is 5.74. The van der Waals surface area contributed by atoms with Crippen LogP contribution < -0.4 is 15.4 Å². The van der Waals surface area contributed by atoms with E-state index in [0.29, 0.717) is 49.1 Å².